The standard InChI is InChI=1S/C11H19N5.C9H11N/c1-9-11(7-12-8-14-9)15-10(2)13-5-6-16(3)4;1-7-2-3-9-8(6-7)4-5-10-9/h7-8H,5-6H2,1-4H3,(H,13,15);2-3,6,10H,4-5H2,1H3. The van der Waals surface area contributed by atoms with Gasteiger partial charge in [-0.15, -0.1) is 0 Å². The number of fused-ring (bicyclic) bond motifs is 1. The van der Waals surface area contributed by atoms with Crippen molar-refractivity contribution < 1.29 is 0 Å². The zero-order valence-electron chi connectivity index (χ0n) is 16.5. The van der Waals surface area contributed by atoms with Crippen molar-refractivity contribution in [3.8, 4) is 0 Å². The van der Waals surface area contributed by atoms with Crippen LogP contribution in [0.1, 0.15) is 23.7 Å². The molecule has 0 fully saturated rings. The smallest absolute Gasteiger partial charge is 0.115 e. The molecule has 0 spiro atoms. The van der Waals surface area contributed by atoms with E-state index in [9.17, 15) is 0 Å². The van der Waals surface area contributed by atoms with Crippen LogP contribution in [0.4, 0.5) is 11.4 Å². The van der Waals surface area contributed by atoms with E-state index >= 15 is 0 Å². The Balaban J connectivity index is 0.000000206. The molecule has 26 heavy (non-hydrogen) atoms. The quantitative estimate of drug-likeness (QED) is 0.652. The third kappa shape index (κ3) is 6.44. The van der Waals surface area contributed by atoms with E-state index in [2.05, 4.69) is 55.6 Å². The van der Waals surface area contributed by atoms with Crippen LogP contribution in [0.2, 0.25) is 0 Å². The van der Waals surface area contributed by atoms with Crippen LogP contribution in [0.25, 0.3) is 0 Å². The Morgan fingerprint density at radius 2 is 2.12 bits per heavy atom. The fourth-order valence-corrected chi connectivity index (χ4v) is 2.60. The number of nitrogens with one attached hydrogen (secondary N) is 2. The number of benzene rings is 1. The molecule has 2 heterocycles. The molecule has 1 aliphatic rings. The number of anilines is 2. The number of aromatic nitrogens is 2. The Morgan fingerprint density at radius 1 is 1.31 bits per heavy atom. The predicted octanol–water partition coefficient (Wildman–Crippen LogP) is 3.14. The maximum absolute atomic E-state index is 4.41. The largest absolute Gasteiger partial charge is 0.384 e. The highest BCUT2D eigenvalue weighted by Crippen LogP contribution is 2.22. The third-order valence-corrected chi connectivity index (χ3v) is 4.09. The molecule has 0 unspecified atom stereocenters. The highest BCUT2D eigenvalue weighted by Gasteiger charge is 2.07. The first-order valence-electron chi connectivity index (χ1n) is 8.98. The van der Waals surface area contributed by atoms with Crippen molar-refractivity contribution in [2.75, 3.05) is 44.4 Å². The third-order valence-electron chi connectivity index (χ3n) is 4.09. The molecule has 6 heteroatoms. The minimum Gasteiger partial charge on any atom is -0.384 e. The Kier molecular flexibility index (Phi) is 7.53. The lowest BCUT2D eigenvalue weighted by Crippen LogP contribution is -2.17. The normalized spacial score (nSPS) is 12.9. The number of hydrogen-bond acceptors (Lipinski definition) is 5. The molecule has 0 atom stereocenters. The topological polar surface area (TPSA) is 65.4 Å². The fourth-order valence-electron chi connectivity index (χ4n) is 2.60. The Morgan fingerprint density at radius 3 is 2.85 bits per heavy atom. The van der Waals surface area contributed by atoms with Crippen molar-refractivity contribution in [2.24, 2.45) is 4.99 Å². The van der Waals surface area contributed by atoms with Gasteiger partial charge < -0.3 is 15.5 Å². The first kappa shape index (κ1) is 19.8. The summed E-state index contributed by atoms with van der Waals surface area (Å²) in [7, 11) is 4.07. The van der Waals surface area contributed by atoms with Crippen LogP contribution in [0.5, 0.6) is 0 Å². The summed E-state index contributed by atoms with van der Waals surface area (Å²) in [4.78, 5) is 14.6. The molecule has 1 aliphatic heterocycles. The average Bonchev–Trinajstić information content (AvgIpc) is 3.05. The summed E-state index contributed by atoms with van der Waals surface area (Å²) in [6.45, 7) is 8.87. The van der Waals surface area contributed by atoms with Gasteiger partial charge in [-0.05, 0) is 52.9 Å². The van der Waals surface area contributed by atoms with Gasteiger partial charge in [-0.1, -0.05) is 17.7 Å². The summed E-state index contributed by atoms with van der Waals surface area (Å²) in [5.41, 5.74) is 6.00. The Hall–Kier alpha value is -2.47. The molecule has 1 aromatic carbocycles. The second-order valence-electron chi connectivity index (χ2n) is 6.75. The van der Waals surface area contributed by atoms with Gasteiger partial charge in [0.2, 0.25) is 0 Å². The number of hydrogen-bond donors (Lipinski definition) is 2. The molecule has 6 nitrogen and oxygen atoms in total. The summed E-state index contributed by atoms with van der Waals surface area (Å²) >= 11 is 0. The van der Waals surface area contributed by atoms with Crippen molar-refractivity contribution in [1.29, 1.82) is 0 Å². The van der Waals surface area contributed by atoms with Gasteiger partial charge in [0.1, 0.15) is 6.33 Å². The lowest BCUT2D eigenvalue weighted by molar-refractivity contribution is 0.420. The van der Waals surface area contributed by atoms with Gasteiger partial charge >= 0.3 is 0 Å². The molecule has 0 saturated heterocycles. The second kappa shape index (κ2) is 9.87. The average molecular weight is 355 g/mol. The van der Waals surface area contributed by atoms with E-state index in [0.717, 1.165) is 36.9 Å². The monoisotopic (exact) mass is 354 g/mol. The molecular weight excluding hydrogens is 324 g/mol. The first-order valence-corrected chi connectivity index (χ1v) is 8.98. The van der Waals surface area contributed by atoms with Gasteiger partial charge in [0.15, 0.2) is 0 Å². The number of likely N-dealkylation sites (N-methyl/N-ethyl adjacent to an activating group) is 1. The van der Waals surface area contributed by atoms with Crippen molar-refractivity contribution in [3.63, 3.8) is 0 Å². The van der Waals surface area contributed by atoms with Crippen LogP contribution in [0.15, 0.2) is 35.7 Å². The maximum atomic E-state index is 4.41. The molecule has 0 bridgehead atoms. The molecule has 2 aromatic rings. The minimum absolute atomic E-state index is 0.790. The van der Waals surface area contributed by atoms with Crippen molar-refractivity contribution in [1.82, 2.24) is 14.9 Å². The van der Waals surface area contributed by atoms with Crippen molar-refractivity contribution in [2.45, 2.75) is 27.2 Å². The molecule has 2 N–H and O–H groups in total. The lowest BCUT2D eigenvalue weighted by atomic mass is 10.1. The van der Waals surface area contributed by atoms with Crippen LogP contribution in [0, 0.1) is 13.8 Å². The van der Waals surface area contributed by atoms with E-state index in [1.165, 1.54) is 23.2 Å². The van der Waals surface area contributed by atoms with E-state index < -0.39 is 0 Å². The van der Waals surface area contributed by atoms with Crippen LogP contribution in [-0.2, 0) is 6.42 Å². The van der Waals surface area contributed by atoms with Gasteiger partial charge in [0.05, 0.1) is 30.0 Å². The summed E-state index contributed by atoms with van der Waals surface area (Å²) in [6, 6.07) is 6.57. The summed E-state index contributed by atoms with van der Waals surface area (Å²) < 4.78 is 0. The Labute approximate surface area is 156 Å². The van der Waals surface area contributed by atoms with Crippen LogP contribution in [-0.4, -0.2) is 54.4 Å². The summed E-state index contributed by atoms with van der Waals surface area (Å²) in [6.07, 6.45) is 4.49. The van der Waals surface area contributed by atoms with Crippen LogP contribution < -0.4 is 10.6 Å². The molecule has 0 radical (unpaired) electrons. The fraction of sp³-hybridized carbons (Fsp3) is 0.450. The van der Waals surface area contributed by atoms with Gasteiger partial charge in [-0.2, -0.15) is 0 Å². The van der Waals surface area contributed by atoms with Crippen LogP contribution in [0.3, 0.4) is 0 Å². The van der Waals surface area contributed by atoms with E-state index in [0.29, 0.717) is 0 Å². The molecular formula is C20H30N6. The number of amidine groups is 1. The molecule has 1 aromatic heterocycles. The molecule has 0 saturated carbocycles. The number of aliphatic imine (C=N–C) groups is 1. The molecule has 140 valence electrons. The molecule has 0 amide bonds. The molecule has 3 rings (SSSR count). The van der Waals surface area contributed by atoms with E-state index in [-0.39, 0.29) is 0 Å². The lowest BCUT2D eigenvalue weighted by Gasteiger charge is -2.09. The van der Waals surface area contributed by atoms with Crippen LogP contribution >= 0.6 is 0 Å². The van der Waals surface area contributed by atoms with Gasteiger partial charge in [-0.25, -0.2) is 9.97 Å². The number of rotatable bonds is 4. The number of aryl methyl sites for hydroxylation is 2. The van der Waals surface area contributed by atoms with Crippen molar-refractivity contribution in [3.05, 3.63) is 47.5 Å². The Bertz CT molecular complexity index is 739. The van der Waals surface area contributed by atoms with Gasteiger partial charge in [0, 0.05) is 18.8 Å². The SMILES string of the molecule is CC(=NCCN(C)C)Nc1cncnc1C.Cc1ccc2c(c1)CCN2. The second-order valence-corrected chi connectivity index (χ2v) is 6.75. The van der Waals surface area contributed by atoms with E-state index in [1.807, 2.05) is 27.9 Å². The first-order chi connectivity index (χ1) is 12.5. The maximum Gasteiger partial charge on any atom is 0.115 e. The minimum atomic E-state index is 0.790. The predicted molar refractivity (Wildman–Crippen MR) is 110 cm³/mol. The van der Waals surface area contributed by atoms with E-state index in [1.54, 1.807) is 12.5 Å². The number of nitrogens with zero attached hydrogens (tertiary/aromatic N) is 4. The zero-order chi connectivity index (χ0) is 18.9. The van der Waals surface area contributed by atoms with Gasteiger partial charge in [0.25, 0.3) is 0 Å². The van der Waals surface area contributed by atoms with Gasteiger partial charge in [-0.3, -0.25) is 4.99 Å². The molecule has 0 aliphatic carbocycles. The zero-order valence-corrected chi connectivity index (χ0v) is 16.5. The summed E-state index contributed by atoms with van der Waals surface area (Å²) in [5.74, 6) is 0.889. The van der Waals surface area contributed by atoms with Crippen molar-refractivity contribution >= 4 is 17.2 Å². The summed E-state index contributed by atoms with van der Waals surface area (Å²) in [5, 5.41) is 6.52. The highest BCUT2D eigenvalue weighted by atomic mass is 15.1. The highest BCUT2D eigenvalue weighted by molar-refractivity contribution is 5.93. The van der Waals surface area contributed by atoms with E-state index in [4.69, 9.17) is 0 Å².